The Kier molecular flexibility index (Phi) is 1.78. The van der Waals surface area contributed by atoms with E-state index >= 15 is 0 Å². The third-order valence-electron chi connectivity index (χ3n) is 1.81. The molecule has 3 heteroatoms. The molecule has 62 valence electrons. The molecule has 2 heterocycles. The van der Waals surface area contributed by atoms with Crippen LogP contribution >= 0.6 is 0 Å². The molecular formula is C9H11N3. The van der Waals surface area contributed by atoms with Gasteiger partial charge >= 0.3 is 0 Å². The quantitative estimate of drug-likeness (QED) is 0.662. The van der Waals surface area contributed by atoms with Crippen LogP contribution in [-0.4, -0.2) is 23.4 Å². The van der Waals surface area contributed by atoms with Gasteiger partial charge in [0.05, 0.1) is 6.54 Å². The number of amidine groups is 1. The molecule has 0 spiro atoms. The van der Waals surface area contributed by atoms with Crippen molar-refractivity contribution in [2.45, 2.75) is 13.0 Å². The maximum Gasteiger partial charge on any atom is 0.147 e. The minimum absolute atomic E-state index is 0.446. The lowest BCUT2D eigenvalue weighted by atomic mass is 10.3. The molecule has 1 aliphatic rings. The van der Waals surface area contributed by atoms with Crippen LogP contribution in [0, 0.1) is 0 Å². The van der Waals surface area contributed by atoms with Crippen LogP contribution in [0.1, 0.15) is 12.6 Å². The van der Waals surface area contributed by atoms with Gasteiger partial charge in [-0.25, -0.2) is 0 Å². The molecule has 1 aromatic heterocycles. The van der Waals surface area contributed by atoms with Gasteiger partial charge in [-0.15, -0.1) is 0 Å². The third kappa shape index (κ3) is 1.30. The first-order valence-corrected chi connectivity index (χ1v) is 4.08. The molecule has 0 saturated heterocycles. The Morgan fingerprint density at radius 1 is 1.50 bits per heavy atom. The van der Waals surface area contributed by atoms with Gasteiger partial charge in [0.2, 0.25) is 0 Å². The van der Waals surface area contributed by atoms with Crippen molar-refractivity contribution in [3.63, 3.8) is 0 Å². The summed E-state index contributed by atoms with van der Waals surface area (Å²) in [7, 11) is 0. The van der Waals surface area contributed by atoms with Crippen molar-refractivity contribution in [3.8, 4) is 0 Å². The van der Waals surface area contributed by atoms with E-state index in [1.165, 1.54) is 0 Å². The highest BCUT2D eigenvalue weighted by Crippen LogP contribution is 2.01. The maximum atomic E-state index is 4.33. The van der Waals surface area contributed by atoms with Crippen molar-refractivity contribution in [1.29, 1.82) is 0 Å². The molecule has 0 amide bonds. The summed E-state index contributed by atoms with van der Waals surface area (Å²) in [5, 5.41) is 3.26. The zero-order valence-corrected chi connectivity index (χ0v) is 6.99. The lowest BCUT2D eigenvalue weighted by molar-refractivity contribution is 0.725. The van der Waals surface area contributed by atoms with Crippen molar-refractivity contribution in [2.24, 2.45) is 4.99 Å². The Labute approximate surface area is 71.6 Å². The van der Waals surface area contributed by atoms with Crippen LogP contribution in [0.2, 0.25) is 0 Å². The Morgan fingerprint density at radius 3 is 3.00 bits per heavy atom. The predicted molar refractivity (Wildman–Crippen MR) is 48.2 cm³/mol. The summed E-state index contributed by atoms with van der Waals surface area (Å²) in [6.07, 6.45) is 1.78. The second-order valence-electron chi connectivity index (χ2n) is 2.95. The van der Waals surface area contributed by atoms with Gasteiger partial charge < -0.3 is 5.32 Å². The number of hydrogen-bond donors (Lipinski definition) is 1. The molecule has 12 heavy (non-hydrogen) atoms. The largest absolute Gasteiger partial charge is 0.364 e. The smallest absolute Gasteiger partial charge is 0.147 e. The number of aliphatic imine (C=N–C) groups is 1. The molecular weight excluding hydrogens is 150 g/mol. The Hall–Kier alpha value is -1.38. The van der Waals surface area contributed by atoms with E-state index in [4.69, 9.17) is 0 Å². The Morgan fingerprint density at radius 2 is 2.42 bits per heavy atom. The lowest BCUT2D eigenvalue weighted by Gasteiger charge is -2.03. The van der Waals surface area contributed by atoms with Crippen molar-refractivity contribution in [2.75, 3.05) is 6.54 Å². The third-order valence-corrected chi connectivity index (χ3v) is 1.81. The summed E-state index contributed by atoms with van der Waals surface area (Å²) >= 11 is 0. The van der Waals surface area contributed by atoms with Crippen LogP contribution in [0.4, 0.5) is 0 Å². The molecule has 1 atom stereocenters. The second-order valence-corrected chi connectivity index (χ2v) is 2.95. The molecule has 1 N–H and O–H groups in total. The highest BCUT2D eigenvalue weighted by Gasteiger charge is 2.13. The molecule has 0 aliphatic carbocycles. The second kappa shape index (κ2) is 2.93. The molecule has 1 unspecified atom stereocenters. The molecule has 1 aliphatic heterocycles. The highest BCUT2D eigenvalue weighted by molar-refractivity contribution is 5.98. The fraction of sp³-hybridized carbons (Fsp3) is 0.333. The van der Waals surface area contributed by atoms with Gasteiger partial charge in [0.1, 0.15) is 11.5 Å². The first-order valence-electron chi connectivity index (χ1n) is 4.08. The van der Waals surface area contributed by atoms with Gasteiger partial charge in [0.15, 0.2) is 0 Å². The maximum absolute atomic E-state index is 4.33. The van der Waals surface area contributed by atoms with Crippen LogP contribution in [0.15, 0.2) is 29.4 Å². The Balaban J connectivity index is 2.22. The van der Waals surface area contributed by atoms with Gasteiger partial charge in [-0.05, 0) is 19.1 Å². The molecule has 3 nitrogen and oxygen atoms in total. The highest BCUT2D eigenvalue weighted by atomic mass is 15.1. The molecule has 0 aromatic carbocycles. The lowest BCUT2D eigenvalue weighted by Crippen LogP contribution is -2.28. The van der Waals surface area contributed by atoms with Crippen molar-refractivity contribution in [3.05, 3.63) is 30.1 Å². The van der Waals surface area contributed by atoms with Crippen LogP contribution < -0.4 is 5.32 Å². The van der Waals surface area contributed by atoms with E-state index in [2.05, 4.69) is 22.2 Å². The molecule has 0 saturated carbocycles. The summed E-state index contributed by atoms with van der Waals surface area (Å²) in [5.74, 6) is 0.920. The molecule has 0 bridgehead atoms. The van der Waals surface area contributed by atoms with Crippen LogP contribution in [0.25, 0.3) is 0 Å². The summed E-state index contributed by atoms with van der Waals surface area (Å²) in [6.45, 7) is 2.96. The number of pyridine rings is 1. The van der Waals surface area contributed by atoms with E-state index in [1.54, 1.807) is 6.20 Å². The normalized spacial score (nSPS) is 21.8. The Bertz CT molecular complexity index is 292. The van der Waals surface area contributed by atoms with Crippen molar-refractivity contribution >= 4 is 5.84 Å². The predicted octanol–water partition coefficient (Wildman–Crippen LogP) is 0.820. The minimum atomic E-state index is 0.446. The monoisotopic (exact) mass is 161 g/mol. The van der Waals surface area contributed by atoms with E-state index in [-0.39, 0.29) is 0 Å². The summed E-state index contributed by atoms with van der Waals surface area (Å²) in [6, 6.07) is 6.28. The number of nitrogens with zero attached hydrogens (tertiary/aromatic N) is 2. The summed E-state index contributed by atoms with van der Waals surface area (Å²) < 4.78 is 0. The summed E-state index contributed by atoms with van der Waals surface area (Å²) in [4.78, 5) is 8.53. The number of aromatic nitrogens is 1. The number of hydrogen-bond acceptors (Lipinski definition) is 3. The van der Waals surface area contributed by atoms with Crippen LogP contribution in [0.3, 0.4) is 0 Å². The van der Waals surface area contributed by atoms with Gasteiger partial charge in [0.25, 0.3) is 0 Å². The van der Waals surface area contributed by atoms with Gasteiger partial charge in [-0.2, -0.15) is 0 Å². The van der Waals surface area contributed by atoms with Crippen LogP contribution in [0.5, 0.6) is 0 Å². The zero-order valence-electron chi connectivity index (χ0n) is 6.99. The first-order chi connectivity index (χ1) is 5.86. The van der Waals surface area contributed by atoms with E-state index in [0.717, 1.165) is 18.1 Å². The fourth-order valence-corrected chi connectivity index (χ4v) is 1.21. The van der Waals surface area contributed by atoms with E-state index in [0.29, 0.717) is 6.04 Å². The topological polar surface area (TPSA) is 37.3 Å². The molecule has 0 fully saturated rings. The van der Waals surface area contributed by atoms with Crippen LogP contribution in [-0.2, 0) is 0 Å². The standard InChI is InChI=1S/C9H11N3/c1-7-6-11-9(12-7)8-4-2-3-5-10-8/h2-5,7H,6H2,1H3,(H,11,12). The van der Waals surface area contributed by atoms with E-state index < -0.39 is 0 Å². The SMILES string of the molecule is CC1CN=C(c2ccccn2)N1. The molecule has 2 rings (SSSR count). The van der Waals surface area contributed by atoms with Gasteiger partial charge in [0, 0.05) is 12.2 Å². The van der Waals surface area contributed by atoms with E-state index in [1.807, 2.05) is 18.2 Å². The van der Waals surface area contributed by atoms with Gasteiger partial charge in [-0.3, -0.25) is 9.98 Å². The fourth-order valence-electron chi connectivity index (χ4n) is 1.21. The summed E-state index contributed by atoms with van der Waals surface area (Å²) in [5.41, 5.74) is 0.932. The average Bonchev–Trinajstić information content (AvgIpc) is 2.54. The number of nitrogens with one attached hydrogen (secondary N) is 1. The first kappa shape index (κ1) is 7.28. The number of rotatable bonds is 1. The average molecular weight is 161 g/mol. The molecule has 0 radical (unpaired) electrons. The van der Waals surface area contributed by atoms with E-state index in [9.17, 15) is 0 Å². The van der Waals surface area contributed by atoms with Gasteiger partial charge in [-0.1, -0.05) is 6.07 Å². The minimum Gasteiger partial charge on any atom is -0.364 e. The zero-order chi connectivity index (χ0) is 8.39. The van der Waals surface area contributed by atoms with Crippen molar-refractivity contribution in [1.82, 2.24) is 10.3 Å². The molecule has 1 aromatic rings. The van der Waals surface area contributed by atoms with Crippen molar-refractivity contribution < 1.29 is 0 Å².